The van der Waals surface area contributed by atoms with Gasteiger partial charge in [0.15, 0.2) is 0 Å². The maximum Gasteiger partial charge on any atom is 0.0747 e. The molecule has 0 amide bonds. The summed E-state index contributed by atoms with van der Waals surface area (Å²) in [5.74, 6) is 0. The summed E-state index contributed by atoms with van der Waals surface area (Å²) in [5, 5.41) is 0. The minimum Gasteiger partial charge on any atom is -0.145 e. The number of fused-ring (bicyclic) bond motifs is 4. The normalized spacial score (nSPS) is 18.7. The molecule has 5 rings (SSSR count). The maximum absolute atomic E-state index is 2.63. The molecule has 0 N–H and O–H groups in total. The van der Waals surface area contributed by atoms with Crippen LogP contribution in [-0.4, -0.2) is 8.07 Å². The molecule has 0 radical (unpaired) electrons. The van der Waals surface area contributed by atoms with Gasteiger partial charge in [0.2, 0.25) is 0 Å². The van der Waals surface area contributed by atoms with Crippen LogP contribution in [0.25, 0.3) is 17.2 Å². The van der Waals surface area contributed by atoms with Crippen LogP contribution in [0.15, 0.2) is 42.0 Å². The van der Waals surface area contributed by atoms with E-state index in [2.05, 4.69) is 76.3 Å². The van der Waals surface area contributed by atoms with Gasteiger partial charge >= 0.3 is 0 Å². The Labute approximate surface area is 165 Å². The SMILES string of the molecule is CC1=Cc2ccccc2C1[Si](C)(C)C1c2sc(C)cc2-c2cc(C)sc21. The summed E-state index contributed by atoms with van der Waals surface area (Å²) in [6.45, 7) is 12.2. The molecule has 0 saturated heterocycles. The van der Waals surface area contributed by atoms with Crippen molar-refractivity contribution in [1.29, 1.82) is 0 Å². The van der Waals surface area contributed by atoms with Gasteiger partial charge < -0.3 is 0 Å². The predicted octanol–water partition coefficient (Wildman–Crippen LogP) is 7.53. The highest BCUT2D eigenvalue weighted by molar-refractivity contribution is 7.16. The highest BCUT2D eigenvalue weighted by atomic mass is 32.1. The van der Waals surface area contributed by atoms with Gasteiger partial charge in [0, 0.05) is 30.6 Å². The first-order chi connectivity index (χ1) is 12.4. The Morgan fingerprint density at radius 2 is 1.38 bits per heavy atom. The fourth-order valence-corrected chi connectivity index (χ4v) is 14.0. The summed E-state index contributed by atoms with van der Waals surface area (Å²) in [5.41, 5.74) is 8.89. The molecular formula is C23H24S2Si. The van der Waals surface area contributed by atoms with E-state index in [1.165, 1.54) is 26.4 Å². The summed E-state index contributed by atoms with van der Waals surface area (Å²) in [7, 11) is -1.67. The molecule has 2 aliphatic rings. The number of rotatable bonds is 2. The zero-order chi connectivity index (χ0) is 18.2. The molecule has 0 spiro atoms. The van der Waals surface area contributed by atoms with Gasteiger partial charge in [-0.25, -0.2) is 0 Å². The molecule has 0 fully saturated rings. The van der Waals surface area contributed by atoms with Crippen LogP contribution in [0, 0.1) is 13.8 Å². The Bertz CT molecular complexity index is 1020. The Kier molecular flexibility index (Phi) is 3.56. The molecule has 0 nitrogen and oxygen atoms in total. The molecular weight excluding hydrogens is 368 g/mol. The van der Waals surface area contributed by atoms with Crippen molar-refractivity contribution in [3.8, 4) is 11.1 Å². The second kappa shape index (κ2) is 5.54. The number of allylic oxidation sites excluding steroid dienone is 1. The van der Waals surface area contributed by atoms with Crippen molar-refractivity contribution >= 4 is 36.8 Å². The van der Waals surface area contributed by atoms with Gasteiger partial charge in [0.1, 0.15) is 0 Å². The number of aryl methyl sites for hydroxylation is 2. The monoisotopic (exact) mass is 392 g/mol. The number of hydrogen-bond donors (Lipinski definition) is 0. The Morgan fingerprint density at radius 1 is 0.808 bits per heavy atom. The van der Waals surface area contributed by atoms with Crippen LogP contribution in [0.2, 0.25) is 13.1 Å². The van der Waals surface area contributed by atoms with Crippen molar-refractivity contribution in [3.63, 3.8) is 0 Å². The van der Waals surface area contributed by atoms with Crippen LogP contribution >= 0.6 is 22.7 Å². The van der Waals surface area contributed by atoms with E-state index in [0.717, 1.165) is 0 Å². The minimum atomic E-state index is -1.67. The molecule has 1 atom stereocenters. The first kappa shape index (κ1) is 16.7. The third-order valence-electron chi connectivity index (χ3n) is 6.22. The standard InChI is InChI=1S/C23H24S2Si/c1-13-10-16-8-6-7-9-17(16)22(13)26(4,5)23-20-18(11-14(2)24-20)19-12-15(3)25-21(19)23/h6-12,22-23H,1-5H3. The molecule has 0 aliphatic heterocycles. The van der Waals surface area contributed by atoms with Gasteiger partial charge in [-0.1, -0.05) is 49.0 Å². The lowest BCUT2D eigenvalue weighted by Gasteiger charge is -2.37. The molecule has 2 aliphatic carbocycles. The Balaban J connectivity index is 1.71. The van der Waals surface area contributed by atoms with E-state index in [1.54, 1.807) is 20.9 Å². The van der Waals surface area contributed by atoms with Crippen molar-refractivity contribution in [3.05, 3.63) is 72.6 Å². The molecule has 2 heterocycles. The highest BCUT2D eigenvalue weighted by Gasteiger charge is 2.49. The summed E-state index contributed by atoms with van der Waals surface area (Å²) in [6.07, 6.45) is 2.44. The number of hydrogen-bond acceptors (Lipinski definition) is 2. The third kappa shape index (κ3) is 2.17. The lowest BCUT2D eigenvalue weighted by Crippen LogP contribution is -2.41. The highest BCUT2D eigenvalue weighted by Crippen LogP contribution is 2.59. The van der Waals surface area contributed by atoms with E-state index in [-0.39, 0.29) is 0 Å². The van der Waals surface area contributed by atoms with E-state index in [1.807, 2.05) is 22.7 Å². The predicted molar refractivity (Wildman–Crippen MR) is 119 cm³/mol. The summed E-state index contributed by atoms with van der Waals surface area (Å²) < 4.78 is 0. The van der Waals surface area contributed by atoms with E-state index in [9.17, 15) is 0 Å². The van der Waals surface area contributed by atoms with E-state index in [4.69, 9.17) is 0 Å². The summed E-state index contributed by atoms with van der Waals surface area (Å²) >= 11 is 4.08. The van der Waals surface area contributed by atoms with Crippen LogP contribution in [0.1, 0.15) is 48.6 Å². The van der Waals surface area contributed by atoms with E-state index < -0.39 is 8.07 Å². The molecule has 2 aromatic heterocycles. The zero-order valence-electron chi connectivity index (χ0n) is 16.0. The Hall–Kier alpha value is -1.42. The van der Waals surface area contributed by atoms with Crippen LogP contribution in [-0.2, 0) is 0 Å². The smallest absolute Gasteiger partial charge is 0.0747 e. The summed E-state index contributed by atoms with van der Waals surface area (Å²) in [4.78, 5) is 6.21. The first-order valence-electron chi connectivity index (χ1n) is 9.36. The van der Waals surface area contributed by atoms with Gasteiger partial charge in [0.05, 0.1) is 8.07 Å². The van der Waals surface area contributed by atoms with Crippen molar-refractivity contribution in [1.82, 2.24) is 0 Å². The maximum atomic E-state index is 2.63. The topological polar surface area (TPSA) is 0 Å². The van der Waals surface area contributed by atoms with Gasteiger partial charge in [-0.05, 0) is 55.2 Å². The Morgan fingerprint density at radius 3 is 2.00 bits per heavy atom. The van der Waals surface area contributed by atoms with Crippen molar-refractivity contribution in [2.75, 3.05) is 0 Å². The molecule has 26 heavy (non-hydrogen) atoms. The van der Waals surface area contributed by atoms with Crippen LogP contribution < -0.4 is 0 Å². The number of benzene rings is 1. The largest absolute Gasteiger partial charge is 0.145 e. The van der Waals surface area contributed by atoms with Crippen molar-refractivity contribution < 1.29 is 0 Å². The minimum absolute atomic E-state index is 0.618. The van der Waals surface area contributed by atoms with Crippen LogP contribution in [0.3, 0.4) is 0 Å². The van der Waals surface area contributed by atoms with Gasteiger partial charge in [0.25, 0.3) is 0 Å². The molecule has 0 saturated carbocycles. The molecule has 3 aromatic rings. The fraction of sp³-hybridized carbons (Fsp3) is 0.304. The third-order valence-corrected chi connectivity index (χ3v) is 13.2. The zero-order valence-corrected chi connectivity index (χ0v) is 18.6. The second-order valence-corrected chi connectivity index (χ2v) is 15.8. The van der Waals surface area contributed by atoms with Gasteiger partial charge in [-0.3, -0.25) is 0 Å². The summed E-state index contributed by atoms with van der Waals surface area (Å²) in [6, 6.07) is 13.9. The van der Waals surface area contributed by atoms with Gasteiger partial charge in [-0.2, -0.15) is 0 Å². The molecule has 1 aromatic carbocycles. The molecule has 0 bridgehead atoms. The van der Waals surface area contributed by atoms with Crippen molar-refractivity contribution in [2.24, 2.45) is 0 Å². The molecule has 3 heteroatoms. The quantitative estimate of drug-likeness (QED) is 0.395. The lowest BCUT2D eigenvalue weighted by atomic mass is 10.1. The second-order valence-electron chi connectivity index (χ2n) is 8.47. The van der Waals surface area contributed by atoms with E-state index >= 15 is 0 Å². The lowest BCUT2D eigenvalue weighted by molar-refractivity contribution is 1.01. The fourth-order valence-electron chi connectivity index (χ4n) is 5.34. The average molecular weight is 393 g/mol. The molecule has 132 valence electrons. The van der Waals surface area contributed by atoms with Crippen LogP contribution in [0.5, 0.6) is 0 Å². The van der Waals surface area contributed by atoms with Crippen molar-refractivity contribution in [2.45, 2.75) is 44.9 Å². The molecule has 1 unspecified atom stereocenters. The van der Waals surface area contributed by atoms with E-state index in [0.29, 0.717) is 11.1 Å². The van der Waals surface area contributed by atoms with Gasteiger partial charge in [-0.15, -0.1) is 22.7 Å². The first-order valence-corrected chi connectivity index (χ1v) is 14.1. The average Bonchev–Trinajstić information content (AvgIpc) is 3.25. The van der Waals surface area contributed by atoms with Crippen LogP contribution in [0.4, 0.5) is 0 Å². The number of thiophene rings is 2.